The lowest BCUT2D eigenvalue weighted by Gasteiger charge is -2.24. The third-order valence-corrected chi connectivity index (χ3v) is 3.40. The summed E-state index contributed by atoms with van der Waals surface area (Å²) in [7, 11) is 0. The van der Waals surface area contributed by atoms with E-state index in [0.29, 0.717) is 12.2 Å². The van der Waals surface area contributed by atoms with Crippen molar-refractivity contribution in [1.82, 2.24) is 10.3 Å². The molecule has 0 bridgehead atoms. The minimum Gasteiger partial charge on any atom is -0.350 e. The molecule has 4 heteroatoms. The maximum Gasteiger partial charge on any atom is 0.269 e. The van der Waals surface area contributed by atoms with E-state index in [1.807, 2.05) is 19.1 Å². The van der Waals surface area contributed by atoms with Gasteiger partial charge in [0.15, 0.2) is 0 Å². The number of aromatic nitrogens is 1. The number of aryl methyl sites for hydroxylation is 1. The van der Waals surface area contributed by atoms with Crippen LogP contribution in [0.5, 0.6) is 0 Å². The molecule has 0 aromatic carbocycles. The summed E-state index contributed by atoms with van der Waals surface area (Å²) in [4.78, 5) is 16.2. The van der Waals surface area contributed by atoms with E-state index in [4.69, 9.17) is 0 Å². The van der Waals surface area contributed by atoms with Crippen molar-refractivity contribution in [2.45, 2.75) is 33.6 Å². The van der Waals surface area contributed by atoms with Crippen LogP contribution < -0.4 is 5.32 Å². The summed E-state index contributed by atoms with van der Waals surface area (Å²) in [5.74, 6) is -0.0920. The molecule has 0 radical (unpaired) electrons. The van der Waals surface area contributed by atoms with Crippen molar-refractivity contribution >= 4 is 21.8 Å². The molecular weight excluding hydrogens is 292 g/mol. The Bertz CT molecular complexity index is 405. The second-order valence-electron chi connectivity index (χ2n) is 5.30. The topological polar surface area (TPSA) is 42.0 Å². The quantitative estimate of drug-likeness (QED) is 0.819. The SMILES string of the molecule is Cc1cccc(C(=O)NCC(C)(C)CCCBr)n1. The van der Waals surface area contributed by atoms with Crippen molar-refractivity contribution in [3.8, 4) is 0 Å². The summed E-state index contributed by atoms with van der Waals surface area (Å²) in [5.41, 5.74) is 1.47. The second kappa shape index (κ2) is 6.88. The summed E-state index contributed by atoms with van der Waals surface area (Å²) >= 11 is 3.43. The van der Waals surface area contributed by atoms with E-state index in [-0.39, 0.29) is 11.3 Å². The third kappa shape index (κ3) is 5.17. The van der Waals surface area contributed by atoms with E-state index >= 15 is 0 Å². The second-order valence-corrected chi connectivity index (χ2v) is 6.10. The first-order valence-electron chi connectivity index (χ1n) is 6.22. The number of hydrogen-bond acceptors (Lipinski definition) is 2. The molecule has 0 atom stereocenters. The number of amides is 1. The van der Waals surface area contributed by atoms with Gasteiger partial charge < -0.3 is 5.32 Å². The molecule has 0 aliphatic rings. The van der Waals surface area contributed by atoms with Crippen molar-refractivity contribution in [3.05, 3.63) is 29.6 Å². The van der Waals surface area contributed by atoms with Crippen LogP contribution in [0.3, 0.4) is 0 Å². The van der Waals surface area contributed by atoms with Gasteiger partial charge in [-0.25, -0.2) is 4.98 Å². The van der Waals surface area contributed by atoms with Crippen LogP contribution in [0.25, 0.3) is 0 Å². The molecular formula is C14H21BrN2O. The third-order valence-electron chi connectivity index (χ3n) is 2.84. The number of rotatable bonds is 6. The number of carbonyl (C=O) groups excluding carboxylic acids is 1. The highest BCUT2D eigenvalue weighted by Gasteiger charge is 2.19. The van der Waals surface area contributed by atoms with Crippen LogP contribution in [0.15, 0.2) is 18.2 Å². The van der Waals surface area contributed by atoms with Gasteiger partial charge in [-0.15, -0.1) is 0 Å². The maximum atomic E-state index is 11.9. The first kappa shape index (κ1) is 15.2. The first-order valence-corrected chi connectivity index (χ1v) is 7.34. The van der Waals surface area contributed by atoms with E-state index in [9.17, 15) is 4.79 Å². The molecule has 0 spiro atoms. The zero-order valence-corrected chi connectivity index (χ0v) is 12.9. The molecule has 18 heavy (non-hydrogen) atoms. The molecule has 0 aliphatic heterocycles. The molecule has 1 amide bonds. The van der Waals surface area contributed by atoms with Crippen LogP contribution in [-0.4, -0.2) is 22.8 Å². The van der Waals surface area contributed by atoms with E-state index < -0.39 is 0 Å². The fourth-order valence-corrected chi connectivity index (χ4v) is 1.99. The standard InChI is InChI=1S/C14H21BrN2O/c1-11-6-4-7-12(17-11)13(18)16-10-14(2,3)8-5-9-15/h4,6-7H,5,8-10H2,1-3H3,(H,16,18). The predicted octanol–water partition coefficient (Wildman–Crippen LogP) is 3.32. The number of alkyl halides is 1. The Labute approximate surface area is 118 Å². The highest BCUT2D eigenvalue weighted by Crippen LogP contribution is 2.21. The average Bonchev–Trinajstić information content (AvgIpc) is 2.34. The molecule has 1 aromatic rings. The van der Waals surface area contributed by atoms with Gasteiger partial charge in [0.25, 0.3) is 5.91 Å². The van der Waals surface area contributed by atoms with Crippen LogP contribution in [0.1, 0.15) is 42.9 Å². The number of hydrogen-bond donors (Lipinski definition) is 1. The van der Waals surface area contributed by atoms with Gasteiger partial charge in [0.1, 0.15) is 5.69 Å². The van der Waals surface area contributed by atoms with Gasteiger partial charge in [0.2, 0.25) is 0 Å². The van der Waals surface area contributed by atoms with Gasteiger partial charge >= 0.3 is 0 Å². The van der Waals surface area contributed by atoms with Crippen LogP contribution in [0, 0.1) is 12.3 Å². The monoisotopic (exact) mass is 312 g/mol. The number of nitrogens with one attached hydrogen (secondary N) is 1. The molecule has 1 rings (SSSR count). The normalized spacial score (nSPS) is 11.3. The lowest BCUT2D eigenvalue weighted by atomic mass is 9.88. The summed E-state index contributed by atoms with van der Waals surface area (Å²) < 4.78 is 0. The van der Waals surface area contributed by atoms with Crippen LogP contribution in [0.4, 0.5) is 0 Å². The summed E-state index contributed by atoms with van der Waals surface area (Å²) in [6, 6.07) is 5.48. The Balaban J connectivity index is 2.50. The number of halogens is 1. The van der Waals surface area contributed by atoms with Crippen molar-refractivity contribution in [3.63, 3.8) is 0 Å². The summed E-state index contributed by atoms with van der Waals surface area (Å²) in [6.07, 6.45) is 2.20. The highest BCUT2D eigenvalue weighted by molar-refractivity contribution is 9.09. The smallest absolute Gasteiger partial charge is 0.269 e. The van der Waals surface area contributed by atoms with E-state index in [2.05, 4.69) is 40.1 Å². The molecule has 100 valence electrons. The minimum absolute atomic E-state index is 0.0920. The van der Waals surface area contributed by atoms with Gasteiger partial charge in [-0.1, -0.05) is 35.8 Å². The largest absolute Gasteiger partial charge is 0.350 e. The zero-order valence-electron chi connectivity index (χ0n) is 11.3. The molecule has 0 saturated heterocycles. The Morgan fingerprint density at radius 2 is 2.17 bits per heavy atom. The van der Waals surface area contributed by atoms with Gasteiger partial charge in [-0.3, -0.25) is 4.79 Å². The predicted molar refractivity (Wildman–Crippen MR) is 78.1 cm³/mol. The van der Waals surface area contributed by atoms with Crippen LogP contribution >= 0.6 is 15.9 Å². The number of carbonyl (C=O) groups is 1. The van der Waals surface area contributed by atoms with Gasteiger partial charge in [-0.05, 0) is 37.3 Å². The first-order chi connectivity index (χ1) is 8.44. The summed E-state index contributed by atoms with van der Waals surface area (Å²) in [5, 5.41) is 3.96. The van der Waals surface area contributed by atoms with Crippen molar-refractivity contribution in [2.24, 2.45) is 5.41 Å². The molecule has 1 N–H and O–H groups in total. The van der Waals surface area contributed by atoms with Crippen LogP contribution in [0.2, 0.25) is 0 Å². The zero-order chi connectivity index (χ0) is 13.6. The van der Waals surface area contributed by atoms with Crippen LogP contribution in [-0.2, 0) is 0 Å². The fraction of sp³-hybridized carbons (Fsp3) is 0.571. The molecule has 0 unspecified atom stereocenters. The van der Waals surface area contributed by atoms with Crippen molar-refractivity contribution in [2.75, 3.05) is 11.9 Å². The fourth-order valence-electron chi connectivity index (χ4n) is 1.71. The van der Waals surface area contributed by atoms with Gasteiger partial charge in [0.05, 0.1) is 0 Å². The lowest BCUT2D eigenvalue weighted by Crippen LogP contribution is -2.34. The maximum absolute atomic E-state index is 11.9. The van der Waals surface area contributed by atoms with Crippen molar-refractivity contribution < 1.29 is 4.79 Å². The number of pyridine rings is 1. The Kier molecular flexibility index (Phi) is 5.79. The Morgan fingerprint density at radius 1 is 1.44 bits per heavy atom. The van der Waals surface area contributed by atoms with E-state index in [1.165, 1.54) is 0 Å². The Hall–Kier alpha value is -0.900. The average molecular weight is 313 g/mol. The van der Waals surface area contributed by atoms with E-state index in [0.717, 1.165) is 23.9 Å². The minimum atomic E-state index is -0.0920. The van der Waals surface area contributed by atoms with E-state index in [1.54, 1.807) is 6.07 Å². The molecule has 0 fully saturated rings. The molecule has 0 saturated carbocycles. The molecule has 0 aliphatic carbocycles. The molecule has 3 nitrogen and oxygen atoms in total. The summed E-state index contributed by atoms with van der Waals surface area (Å²) in [6.45, 7) is 6.89. The highest BCUT2D eigenvalue weighted by atomic mass is 79.9. The lowest BCUT2D eigenvalue weighted by molar-refractivity contribution is 0.0929. The molecule has 1 aromatic heterocycles. The molecule has 1 heterocycles. The van der Waals surface area contributed by atoms with Crippen molar-refractivity contribution in [1.29, 1.82) is 0 Å². The van der Waals surface area contributed by atoms with Gasteiger partial charge in [-0.2, -0.15) is 0 Å². The van der Waals surface area contributed by atoms with Gasteiger partial charge in [0, 0.05) is 17.6 Å². The Morgan fingerprint density at radius 3 is 2.78 bits per heavy atom. The number of nitrogens with zero attached hydrogens (tertiary/aromatic N) is 1.